The highest BCUT2D eigenvalue weighted by atomic mass is 35.5. The highest BCUT2D eigenvalue weighted by molar-refractivity contribution is 6.31. The van der Waals surface area contributed by atoms with E-state index in [2.05, 4.69) is 46.3 Å². The van der Waals surface area contributed by atoms with Gasteiger partial charge in [0.05, 0.1) is 5.69 Å². The molecule has 7 nitrogen and oxygen atoms in total. The van der Waals surface area contributed by atoms with Crippen molar-refractivity contribution < 1.29 is 14.3 Å². The monoisotopic (exact) mass is 456 g/mol. The summed E-state index contributed by atoms with van der Waals surface area (Å²) in [6.45, 7) is 7.59. The molecule has 0 aliphatic carbocycles. The lowest BCUT2D eigenvalue weighted by Crippen LogP contribution is -2.47. The first kappa shape index (κ1) is 22.4. The van der Waals surface area contributed by atoms with E-state index in [1.165, 1.54) is 16.2 Å². The molecule has 0 atom stereocenters. The van der Waals surface area contributed by atoms with Crippen LogP contribution in [0.5, 0.6) is 5.75 Å². The summed E-state index contributed by atoms with van der Waals surface area (Å²) in [7, 11) is 0. The minimum atomic E-state index is -0.249. The van der Waals surface area contributed by atoms with Crippen molar-refractivity contribution in [3.8, 4) is 5.75 Å². The Hall–Kier alpha value is -2.77. The van der Waals surface area contributed by atoms with Gasteiger partial charge in [-0.05, 0) is 55.8 Å². The molecule has 0 aromatic heterocycles. The molecule has 8 heteroatoms. The Bertz CT molecular complexity index is 975. The van der Waals surface area contributed by atoms with Crippen LogP contribution in [0.2, 0.25) is 5.02 Å². The van der Waals surface area contributed by atoms with Gasteiger partial charge in [0.2, 0.25) is 5.91 Å². The van der Waals surface area contributed by atoms with E-state index >= 15 is 0 Å². The number of benzene rings is 2. The van der Waals surface area contributed by atoms with Crippen molar-refractivity contribution in [1.29, 1.82) is 0 Å². The maximum Gasteiger partial charge on any atom is 0.265 e. The molecule has 170 valence electrons. The largest absolute Gasteiger partial charge is 0.482 e. The van der Waals surface area contributed by atoms with Crippen LogP contribution in [-0.4, -0.2) is 69.1 Å². The molecule has 2 aliphatic heterocycles. The van der Waals surface area contributed by atoms with E-state index in [9.17, 15) is 9.59 Å². The number of nitrogens with one attached hydrogen (secondary N) is 1. The number of nitrogens with zero attached hydrogens (tertiary/aromatic N) is 3. The molecule has 0 spiro atoms. The molecule has 2 amide bonds. The van der Waals surface area contributed by atoms with E-state index in [-0.39, 0.29) is 25.0 Å². The van der Waals surface area contributed by atoms with Crippen LogP contribution in [0, 0.1) is 6.92 Å². The first-order valence-electron chi connectivity index (χ1n) is 11.0. The molecule has 0 radical (unpaired) electrons. The third kappa shape index (κ3) is 5.53. The molecule has 4 rings (SSSR count). The van der Waals surface area contributed by atoms with Crippen LogP contribution in [0.4, 0.5) is 11.4 Å². The van der Waals surface area contributed by atoms with E-state index in [1.54, 1.807) is 18.2 Å². The SMILES string of the molecule is Cc1cccc(N2CCN(CCCNC(=O)CN3C(=O)COc4ccc(Cl)cc43)CC2)c1. The van der Waals surface area contributed by atoms with Crippen LogP contribution in [0.15, 0.2) is 42.5 Å². The van der Waals surface area contributed by atoms with Crippen molar-refractivity contribution in [3.63, 3.8) is 0 Å². The molecule has 2 heterocycles. The van der Waals surface area contributed by atoms with Crippen LogP contribution >= 0.6 is 11.6 Å². The van der Waals surface area contributed by atoms with Gasteiger partial charge < -0.3 is 15.0 Å². The van der Waals surface area contributed by atoms with Gasteiger partial charge in [-0.1, -0.05) is 23.7 Å². The van der Waals surface area contributed by atoms with Gasteiger partial charge in [-0.15, -0.1) is 0 Å². The number of anilines is 2. The molecule has 0 saturated carbocycles. The Morgan fingerprint density at radius 1 is 1.12 bits per heavy atom. The highest BCUT2D eigenvalue weighted by Crippen LogP contribution is 2.34. The van der Waals surface area contributed by atoms with Gasteiger partial charge in [-0.3, -0.25) is 19.4 Å². The van der Waals surface area contributed by atoms with Crippen molar-refractivity contribution in [2.45, 2.75) is 13.3 Å². The molecule has 1 fully saturated rings. The Morgan fingerprint density at radius 2 is 1.94 bits per heavy atom. The van der Waals surface area contributed by atoms with Gasteiger partial charge in [0.15, 0.2) is 6.61 Å². The number of ether oxygens (including phenoxy) is 1. The summed E-state index contributed by atoms with van der Waals surface area (Å²) in [6, 6.07) is 13.7. The summed E-state index contributed by atoms with van der Waals surface area (Å²) in [6.07, 6.45) is 0.871. The molecule has 1 saturated heterocycles. The fourth-order valence-corrected chi connectivity index (χ4v) is 4.30. The summed E-state index contributed by atoms with van der Waals surface area (Å²) in [5, 5.41) is 3.43. The number of hydrogen-bond donors (Lipinski definition) is 1. The van der Waals surface area contributed by atoms with E-state index in [1.807, 2.05) is 0 Å². The highest BCUT2D eigenvalue weighted by Gasteiger charge is 2.27. The van der Waals surface area contributed by atoms with Crippen molar-refractivity contribution in [1.82, 2.24) is 10.2 Å². The minimum absolute atomic E-state index is 0.0370. The summed E-state index contributed by atoms with van der Waals surface area (Å²) in [5.41, 5.74) is 3.11. The van der Waals surface area contributed by atoms with Crippen LogP contribution < -0.4 is 19.9 Å². The molecule has 0 bridgehead atoms. The van der Waals surface area contributed by atoms with Crippen molar-refractivity contribution >= 4 is 34.8 Å². The molecule has 32 heavy (non-hydrogen) atoms. The topological polar surface area (TPSA) is 65.1 Å². The number of aryl methyl sites for hydroxylation is 1. The average molecular weight is 457 g/mol. The van der Waals surface area contributed by atoms with Crippen molar-refractivity contribution in [3.05, 3.63) is 53.1 Å². The van der Waals surface area contributed by atoms with Gasteiger partial charge in [-0.25, -0.2) is 0 Å². The number of piperazine rings is 1. The van der Waals surface area contributed by atoms with Crippen LogP contribution in [0.25, 0.3) is 0 Å². The fourth-order valence-electron chi connectivity index (χ4n) is 4.13. The van der Waals surface area contributed by atoms with Crippen molar-refractivity contribution in [2.75, 3.05) is 62.2 Å². The molecular weight excluding hydrogens is 428 g/mol. The van der Waals surface area contributed by atoms with Crippen LogP contribution in [0.3, 0.4) is 0 Å². The zero-order chi connectivity index (χ0) is 22.5. The summed E-state index contributed by atoms with van der Waals surface area (Å²) in [5.74, 6) is 0.128. The van der Waals surface area contributed by atoms with Crippen molar-refractivity contribution in [2.24, 2.45) is 0 Å². The fraction of sp³-hybridized carbons (Fsp3) is 0.417. The van der Waals surface area contributed by atoms with Crippen LogP contribution in [-0.2, 0) is 9.59 Å². The van der Waals surface area contributed by atoms with Gasteiger partial charge in [0.1, 0.15) is 12.3 Å². The molecular formula is C24H29ClN4O3. The third-order valence-corrected chi connectivity index (χ3v) is 6.11. The summed E-state index contributed by atoms with van der Waals surface area (Å²) < 4.78 is 5.42. The number of hydrogen-bond acceptors (Lipinski definition) is 5. The first-order valence-corrected chi connectivity index (χ1v) is 11.4. The number of carbonyl (C=O) groups excluding carboxylic acids is 2. The molecule has 1 N–H and O–H groups in total. The summed E-state index contributed by atoms with van der Waals surface area (Å²) >= 11 is 6.05. The zero-order valence-electron chi connectivity index (χ0n) is 18.3. The zero-order valence-corrected chi connectivity index (χ0v) is 19.1. The molecule has 2 aliphatic rings. The number of halogens is 1. The maximum atomic E-state index is 12.4. The standard InChI is InChI=1S/C24H29ClN4O3/c1-18-4-2-5-20(14-18)28-12-10-27(11-13-28)9-3-8-26-23(30)16-29-21-15-19(25)6-7-22(21)32-17-24(29)31/h2,4-7,14-15H,3,8-13,16-17H2,1H3,(H,26,30). The molecule has 2 aromatic rings. The summed E-state index contributed by atoms with van der Waals surface area (Å²) in [4.78, 5) is 31.0. The van der Waals surface area contributed by atoms with E-state index in [0.717, 1.165) is 39.1 Å². The number of carbonyl (C=O) groups is 2. The Kier molecular flexibility index (Phi) is 7.17. The second-order valence-corrected chi connectivity index (χ2v) is 8.69. The maximum absolute atomic E-state index is 12.4. The lowest BCUT2D eigenvalue weighted by molar-refractivity contribution is -0.125. The Morgan fingerprint density at radius 3 is 2.72 bits per heavy atom. The second kappa shape index (κ2) is 10.2. The lowest BCUT2D eigenvalue weighted by atomic mass is 10.2. The van der Waals surface area contributed by atoms with E-state index in [4.69, 9.17) is 16.3 Å². The average Bonchev–Trinajstić information content (AvgIpc) is 2.79. The predicted molar refractivity (Wildman–Crippen MR) is 127 cm³/mol. The third-order valence-electron chi connectivity index (χ3n) is 5.88. The quantitative estimate of drug-likeness (QED) is 0.649. The second-order valence-electron chi connectivity index (χ2n) is 8.25. The van der Waals surface area contributed by atoms with Gasteiger partial charge in [0, 0.05) is 43.4 Å². The Balaban J connectivity index is 1.18. The smallest absolute Gasteiger partial charge is 0.265 e. The van der Waals surface area contributed by atoms with Gasteiger partial charge in [-0.2, -0.15) is 0 Å². The number of amides is 2. The molecule has 2 aromatic carbocycles. The van der Waals surface area contributed by atoms with Gasteiger partial charge >= 0.3 is 0 Å². The first-order chi connectivity index (χ1) is 15.5. The van der Waals surface area contributed by atoms with Gasteiger partial charge in [0.25, 0.3) is 5.91 Å². The van der Waals surface area contributed by atoms with E-state index < -0.39 is 0 Å². The normalized spacial score (nSPS) is 16.5. The van der Waals surface area contributed by atoms with E-state index in [0.29, 0.717) is 23.0 Å². The lowest BCUT2D eigenvalue weighted by Gasteiger charge is -2.36. The Labute approximate surface area is 193 Å². The van der Waals surface area contributed by atoms with Crippen LogP contribution in [0.1, 0.15) is 12.0 Å². The molecule has 0 unspecified atom stereocenters. The minimum Gasteiger partial charge on any atom is -0.482 e. The number of rotatable bonds is 7. The predicted octanol–water partition coefficient (Wildman–Crippen LogP) is 2.70. The number of fused-ring (bicyclic) bond motifs is 1.